The van der Waals surface area contributed by atoms with Crippen molar-refractivity contribution in [3.05, 3.63) is 64.7 Å². The molecule has 3 rings (SSSR count). The number of nitrogens with one attached hydrogen (secondary N) is 1. The van der Waals surface area contributed by atoms with Crippen molar-refractivity contribution in [1.82, 2.24) is 10.4 Å². The van der Waals surface area contributed by atoms with Crippen molar-refractivity contribution in [2.45, 2.75) is 19.4 Å². The predicted octanol–water partition coefficient (Wildman–Crippen LogP) is 3.47. The molecule has 0 saturated carbocycles. The maximum atomic E-state index is 12.5. The maximum absolute atomic E-state index is 12.5. The molecular weight excluding hydrogens is 382 g/mol. The molecule has 2 unspecified atom stereocenters. The summed E-state index contributed by atoms with van der Waals surface area (Å²) in [6, 6.07) is 14.7. The van der Waals surface area contributed by atoms with Crippen LogP contribution in [0.4, 0.5) is 0 Å². The number of thiocarbonyl (C=S) groups is 1. The van der Waals surface area contributed by atoms with Crippen LogP contribution in [0.25, 0.3) is 0 Å². The lowest BCUT2D eigenvalue weighted by Gasteiger charge is -2.40. The molecule has 7 heteroatoms. The summed E-state index contributed by atoms with van der Waals surface area (Å²) in [6.45, 7) is 2.52. The summed E-state index contributed by atoms with van der Waals surface area (Å²) in [5.74, 6) is 0.698. The van der Waals surface area contributed by atoms with Gasteiger partial charge in [-0.15, -0.1) is 0 Å². The number of halogens is 1. The van der Waals surface area contributed by atoms with Gasteiger partial charge in [-0.3, -0.25) is 10.2 Å². The van der Waals surface area contributed by atoms with E-state index in [1.54, 1.807) is 17.1 Å². The minimum Gasteiger partial charge on any atom is -0.493 e. The Morgan fingerprint density at radius 3 is 2.81 bits per heavy atom. The summed E-state index contributed by atoms with van der Waals surface area (Å²) in [4.78, 5) is 13.0. The number of ether oxygens (including phenoxy) is 1. The topological polar surface area (TPSA) is 67.6 Å². The zero-order valence-electron chi connectivity index (χ0n) is 15.0. The maximum Gasteiger partial charge on any atom is 0.238 e. The molecule has 5 nitrogen and oxygen atoms in total. The van der Waals surface area contributed by atoms with Crippen LogP contribution in [0.5, 0.6) is 5.75 Å². The van der Waals surface area contributed by atoms with Crippen molar-refractivity contribution in [2.75, 3.05) is 13.2 Å². The van der Waals surface area contributed by atoms with Crippen LogP contribution in [-0.2, 0) is 4.79 Å². The minimum absolute atomic E-state index is 0.0588. The molecule has 2 aromatic rings. The molecule has 0 aliphatic carbocycles. The lowest BCUT2D eigenvalue weighted by atomic mass is 9.87. The Hall–Kier alpha value is -2.15. The summed E-state index contributed by atoms with van der Waals surface area (Å²) < 4.78 is 5.88. The molecule has 1 amide bonds. The van der Waals surface area contributed by atoms with Crippen LogP contribution in [0.3, 0.4) is 0 Å². The third kappa shape index (κ3) is 4.40. The van der Waals surface area contributed by atoms with E-state index < -0.39 is 0 Å². The second-order valence-electron chi connectivity index (χ2n) is 6.47. The zero-order valence-corrected chi connectivity index (χ0v) is 16.6. The first-order valence-electron chi connectivity index (χ1n) is 8.79. The summed E-state index contributed by atoms with van der Waals surface area (Å²) in [7, 11) is 0. The van der Waals surface area contributed by atoms with Crippen LogP contribution in [0.15, 0.2) is 48.5 Å². The fourth-order valence-electron chi connectivity index (χ4n) is 3.35. The molecule has 0 spiro atoms. The number of nitrogens with two attached hydrogens (primary N) is 1. The van der Waals surface area contributed by atoms with Gasteiger partial charge in [0, 0.05) is 29.0 Å². The van der Waals surface area contributed by atoms with Crippen LogP contribution in [-0.4, -0.2) is 29.1 Å². The Balaban J connectivity index is 1.94. The van der Waals surface area contributed by atoms with E-state index in [1.807, 2.05) is 36.4 Å². The monoisotopic (exact) mass is 403 g/mol. The molecule has 3 N–H and O–H groups in total. The summed E-state index contributed by atoms with van der Waals surface area (Å²) in [5, 5.41) is 2.17. The normalized spacial score (nSPS) is 18.2. The zero-order chi connectivity index (χ0) is 19.4. The number of para-hydroxylation sites is 1. The molecule has 1 aliphatic heterocycles. The number of carbonyl (C=O) groups is 1. The van der Waals surface area contributed by atoms with E-state index in [0.29, 0.717) is 23.2 Å². The van der Waals surface area contributed by atoms with Crippen molar-refractivity contribution in [3.8, 4) is 5.75 Å². The molecule has 0 radical (unpaired) electrons. The predicted molar refractivity (Wildman–Crippen MR) is 111 cm³/mol. The van der Waals surface area contributed by atoms with E-state index in [4.69, 9.17) is 34.3 Å². The lowest BCUT2D eigenvalue weighted by Crippen LogP contribution is -2.51. The molecule has 0 fully saturated rings. The molecule has 1 heterocycles. The van der Waals surface area contributed by atoms with Gasteiger partial charge in [0.15, 0.2) is 0 Å². The van der Waals surface area contributed by atoms with Gasteiger partial charge in [-0.2, -0.15) is 0 Å². The van der Waals surface area contributed by atoms with Gasteiger partial charge in [0.05, 0.1) is 12.6 Å². The fourth-order valence-corrected chi connectivity index (χ4v) is 3.77. The van der Waals surface area contributed by atoms with Crippen LogP contribution in [0.2, 0.25) is 5.02 Å². The largest absolute Gasteiger partial charge is 0.493 e. The average molecular weight is 404 g/mol. The number of nitrogens with zero attached hydrogens (tertiary/aromatic N) is 1. The highest BCUT2D eigenvalue weighted by Crippen LogP contribution is 2.40. The summed E-state index contributed by atoms with van der Waals surface area (Å²) in [5.41, 5.74) is 10.6. The fraction of sp³-hybridized carbons (Fsp3) is 0.300. The number of rotatable bonds is 4. The first kappa shape index (κ1) is 19.6. The molecule has 27 heavy (non-hydrogen) atoms. The molecule has 142 valence electrons. The number of fused-ring (bicyclic) bond motifs is 1. The quantitative estimate of drug-likeness (QED) is 0.604. The molecule has 0 bridgehead atoms. The van der Waals surface area contributed by atoms with E-state index in [1.165, 1.54) is 6.92 Å². The van der Waals surface area contributed by atoms with Gasteiger partial charge >= 0.3 is 0 Å². The standard InChI is InChI=1S/C20H22ClN3O2S/c1-13(25)24(23-20(27)14-5-4-6-16(21)11-14)19-15(9-10-22)12-26-18-8-3-2-7-17(18)19/h2-8,11,15,19H,9-10,12,22H2,1H3,(H,23,27). The van der Waals surface area contributed by atoms with Gasteiger partial charge in [-0.1, -0.05) is 54.2 Å². The van der Waals surface area contributed by atoms with Gasteiger partial charge in [0.2, 0.25) is 5.91 Å². The number of amides is 1. The van der Waals surface area contributed by atoms with E-state index in [0.717, 1.165) is 23.3 Å². The SMILES string of the molecule is CC(=O)N(NC(=S)c1cccc(Cl)c1)C1c2ccccc2OCC1CCN. The third-order valence-electron chi connectivity index (χ3n) is 4.60. The first-order valence-corrected chi connectivity index (χ1v) is 9.58. The molecular formula is C20H22ClN3O2S. The summed E-state index contributed by atoms with van der Waals surface area (Å²) in [6.07, 6.45) is 0.731. The third-order valence-corrected chi connectivity index (χ3v) is 5.16. The smallest absolute Gasteiger partial charge is 0.238 e. The van der Waals surface area contributed by atoms with Gasteiger partial charge in [-0.25, -0.2) is 5.01 Å². The minimum atomic E-state index is -0.229. The van der Waals surface area contributed by atoms with Gasteiger partial charge in [-0.05, 0) is 31.2 Å². The second kappa shape index (κ2) is 8.69. The number of benzene rings is 2. The van der Waals surface area contributed by atoms with Crippen LogP contribution in [0.1, 0.15) is 30.5 Å². The van der Waals surface area contributed by atoms with E-state index >= 15 is 0 Å². The Morgan fingerprint density at radius 2 is 2.11 bits per heavy atom. The van der Waals surface area contributed by atoms with Crippen molar-refractivity contribution >= 4 is 34.7 Å². The highest BCUT2D eigenvalue weighted by Gasteiger charge is 2.36. The van der Waals surface area contributed by atoms with E-state index in [2.05, 4.69) is 5.43 Å². The lowest BCUT2D eigenvalue weighted by molar-refractivity contribution is -0.135. The van der Waals surface area contributed by atoms with Gasteiger partial charge in [0.1, 0.15) is 10.7 Å². The van der Waals surface area contributed by atoms with Crippen LogP contribution >= 0.6 is 23.8 Å². The van der Waals surface area contributed by atoms with E-state index in [9.17, 15) is 4.79 Å². The Bertz CT molecular complexity index is 845. The Labute approximate surface area is 169 Å². The second-order valence-corrected chi connectivity index (χ2v) is 7.32. The average Bonchev–Trinajstić information content (AvgIpc) is 2.66. The molecule has 1 aliphatic rings. The summed E-state index contributed by atoms with van der Waals surface area (Å²) >= 11 is 11.6. The van der Waals surface area contributed by atoms with Crippen LogP contribution in [0, 0.1) is 5.92 Å². The van der Waals surface area contributed by atoms with Crippen LogP contribution < -0.4 is 15.9 Å². The highest BCUT2D eigenvalue weighted by atomic mass is 35.5. The van der Waals surface area contributed by atoms with Crippen molar-refractivity contribution in [1.29, 1.82) is 0 Å². The highest BCUT2D eigenvalue weighted by molar-refractivity contribution is 7.80. The first-order chi connectivity index (χ1) is 13.0. The van der Waals surface area contributed by atoms with Crippen molar-refractivity contribution in [3.63, 3.8) is 0 Å². The van der Waals surface area contributed by atoms with E-state index in [-0.39, 0.29) is 17.9 Å². The Kier molecular flexibility index (Phi) is 6.31. The molecule has 2 atom stereocenters. The molecule has 0 saturated heterocycles. The molecule has 0 aromatic heterocycles. The number of hydrogen-bond donors (Lipinski definition) is 2. The van der Waals surface area contributed by atoms with Crippen molar-refractivity contribution < 1.29 is 9.53 Å². The Morgan fingerprint density at radius 1 is 1.33 bits per heavy atom. The number of hydrazine groups is 1. The number of carbonyl (C=O) groups excluding carboxylic acids is 1. The van der Waals surface area contributed by atoms with Gasteiger partial charge in [0.25, 0.3) is 0 Å². The number of hydrogen-bond acceptors (Lipinski definition) is 4. The van der Waals surface area contributed by atoms with Crippen molar-refractivity contribution in [2.24, 2.45) is 11.7 Å². The van der Waals surface area contributed by atoms with Gasteiger partial charge < -0.3 is 10.5 Å². The molecule has 2 aromatic carbocycles.